The van der Waals surface area contributed by atoms with Crippen LogP contribution in [0.15, 0.2) is 27.6 Å². The Morgan fingerprint density at radius 1 is 1.52 bits per heavy atom. The lowest BCUT2D eigenvalue weighted by Crippen LogP contribution is -2.40. The van der Waals surface area contributed by atoms with Crippen LogP contribution in [0.25, 0.3) is 0 Å². The quantitative estimate of drug-likeness (QED) is 0.853. The van der Waals surface area contributed by atoms with E-state index in [1.807, 2.05) is 0 Å². The number of rotatable bonds is 4. The number of carboxylic acid groups (broad SMARTS) is 1. The Bertz CT molecular complexity index is 666. The highest BCUT2D eigenvalue weighted by Gasteiger charge is 2.44. The van der Waals surface area contributed by atoms with Gasteiger partial charge >= 0.3 is 5.97 Å². The molecule has 1 N–H and O–H groups in total. The molecule has 0 aliphatic carbocycles. The zero-order chi connectivity index (χ0) is 15.8. The number of sulfonamides is 1. The average molecular weight is 382 g/mol. The third-order valence-corrected chi connectivity index (χ3v) is 6.17. The number of aliphatic carboxylic acids is 1. The molecule has 9 heteroatoms. The van der Waals surface area contributed by atoms with Crippen LogP contribution in [-0.4, -0.2) is 49.6 Å². The van der Waals surface area contributed by atoms with Gasteiger partial charge in [-0.05, 0) is 34.1 Å². The number of methoxy groups -OCH3 is 1. The van der Waals surface area contributed by atoms with Crippen molar-refractivity contribution in [2.45, 2.75) is 23.5 Å². The molecule has 1 aliphatic heterocycles. The Morgan fingerprint density at radius 2 is 2.19 bits per heavy atom. The van der Waals surface area contributed by atoms with Crippen LogP contribution in [0.1, 0.15) is 6.42 Å². The molecule has 21 heavy (non-hydrogen) atoms. The Labute approximate surface area is 129 Å². The lowest BCUT2D eigenvalue weighted by Gasteiger charge is -2.21. The maximum Gasteiger partial charge on any atom is 0.322 e. The van der Waals surface area contributed by atoms with Gasteiger partial charge in [0.05, 0.1) is 11.0 Å². The summed E-state index contributed by atoms with van der Waals surface area (Å²) in [6.45, 7) is -0.0559. The Morgan fingerprint density at radius 3 is 2.71 bits per heavy atom. The summed E-state index contributed by atoms with van der Waals surface area (Å²) in [4.78, 5) is 11.1. The first-order valence-corrected chi connectivity index (χ1v) is 8.23. The van der Waals surface area contributed by atoms with E-state index in [1.165, 1.54) is 7.11 Å². The van der Waals surface area contributed by atoms with E-state index in [0.717, 1.165) is 22.5 Å². The molecule has 6 nitrogen and oxygen atoms in total. The Balaban J connectivity index is 2.44. The third kappa shape index (κ3) is 3.10. The van der Waals surface area contributed by atoms with Gasteiger partial charge in [-0.25, -0.2) is 12.8 Å². The molecule has 1 aromatic carbocycles. The normalized spacial score (nSPS) is 23.4. The van der Waals surface area contributed by atoms with Crippen molar-refractivity contribution in [1.82, 2.24) is 4.31 Å². The topological polar surface area (TPSA) is 83.9 Å². The van der Waals surface area contributed by atoms with E-state index in [-0.39, 0.29) is 22.3 Å². The van der Waals surface area contributed by atoms with Gasteiger partial charge in [-0.15, -0.1) is 0 Å². The van der Waals surface area contributed by atoms with E-state index in [9.17, 15) is 22.7 Å². The van der Waals surface area contributed by atoms with Crippen molar-refractivity contribution in [3.63, 3.8) is 0 Å². The van der Waals surface area contributed by atoms with Crippen LogP contribution in [0, 0.1) is 5.82 Å². The van der Waals surface area contributed by atoms with Gasteiger partial charge in [0, 0.05) is 24.5 Å². The SMILES string of the molecule is COC1CC(C(=O)O)N(S(=O)(=O)c2ccc(F)cc2Br)C1. The molecule has 0 saturated carbocycles. The molecule has 2 atom stereocenters. The Hall–Kier alpha value is -1.03. The van der Waals surface area contributed by atoms with Crippen molar-refractivity contribution in [2.75, 3.05) is 13.7 Å². The van der Waals surface area contributed by atoms with Crippen LogP contribution < -0.4 is 0 Å². The highest BCUT2D eigenvalue weighted by Crippen LogP contribution is 2.31. The molecule has 1 aliphatic rings. The molecule has 2 rings (SSSR count). The molecular formula is C12H13BrFNO5S. The number of carbonyl (C=O) groups is 1. The van der Waals surface area contributed by atoms with Crippen LogP contribution in [0.5, 0.6) is 0 Å². The lowest BCUT2D eigenvalue weighted by atomic mass is 10.2. The fourth-order valence-electron chi connectivity index (χ4n) is 2.24. The van der Waals surface area contributed by atoms with Gasteiger partial charge < -0.3 is 9.84 Å². The summed E-state index contributed by atoms with van der Waals surface area (Å²) in [5, 5.41) is 9.19. The molecular weight excluding hydrogens is 369 g/mol. The first-order chi connectivity index (χ1) is 9.77. The highest BCUT2D eigenvalue weighted by molar-refractivity contribution is 9.10. The fourth-order valence-corrected chi connectivity index (χ4v) is 4.88. The summed E-state index contributed by atoms with van der Waals surface area (Å²) in [5.41, 5.74) is 0. The molecule has 2 unspecified atom stereocenters. The number of hydrogen-bond acceptors (Lipinski definition) is 4. The monoisotopic (exact) mass is 381 g/mol. The predicted molar refractivity (Wildman–Crippen MR) is 74.8 cm³/mol. The summed E-state index contributed by atoms with van der Waals surface area (Å²) in [5.74, 6) is -1.83. The summed E-state index contributed by atoms with van der Waals surface area (Å²) < 4.78 is 44.3. The van der Waals surface area contributed by atoms with Crippen LogP contribution >= 0.6 is 15.9 Å². The summed E-state index contributed by atoms with van der Waals surface area (Å²) in [6.07, 6.45) is -0.413. The molecule has 1 aromatic rings. The number of ether oxygens (including phenoxy) is 1. The largest absolute Gasteiger partial charge is 0.480 e. The molecule has 1 saturated heterocycles. The number of hydrogen-bond donors (Lipinski definition) is 1. The van der Waals surface area contributed by atoms with Crippen molar-refractivity contribution in [1.29, 1.82) is 0 Å². The van der Waals surface area contributed by atoms with Crippen LogP contribution in [-0.2, 0) is 19.6 Å². The second kappa shape index (κ2) is 5.99. The minimum absolute atomic E-state index is 0.0486. The summed E-state index contributed by atoms with van der Waals surface area (Å²) >= 11 is 2.99. The standard InChI is InChI=1S/C12H13BrFNO5S/c1-20-8-5-10(12(16)17)15(6-8)21(18,19)11-3-2-7(14)4-9(11)13/h2-4,8,10H,5-6H2,1H3,(H,16,17). The van der Waals surface area contributed by atoms with Crippen molar-refractivity contribution in [2.24, 2.45) is 0 Å². The van der Waals surface area contributed by atoms with Crippen molar-refractivity contribution >= 4 is 31.9 Å². The summed E-state index contributed by atoms with van der Waals surface area (Å²) in [7, 11) is -2.67. The third-order valence-electron chi connectivity index (χ3n) is 3.32. The molecule has 1 heterocycles. The van der Waals surface area contributed by atoms with Crippen LogP contribution in [0.4, 0.5) is 4.39 Å². The molecule has 116 valence electrons. The first-order valence-electron chi connectivity index (χ1n) is 6.00. The van der Waals surface area contributed by atoms with E-state index in [2.05, 4.69) is 15.9 Å². The van der Waals surface area contributed by atoms with E-state index in [0.29, 0.717) is 0 Å². The summed E-state index contributed by atoms with van der Waals surface area (Å²) in [6, 6.07) is 1.94. The van der Waals surface area contributed by atoms with E-state index >= 15 is 0 Å². The minimum atomic E-state index is -4.06. The van der Waals surface area contributed by atoms with Gasteiger partial charge in [-0.2, -0.15) is 4.31 Å². The zero-order valence-corrected chi connectivity index (χ0v) is 13.4. The van der Waals surface area contributed by atoms with E-state index in [1.54, 1.807) is 0 Å². The minimum Gasteiger partial charge on any atom is -0.480 e. The highest BCUT2D eigenvalue weighted by atomic mass is 79.9. The smallest absolute Gasteiger partial charge is 0.322 e. The maximum atomic E-state index is 13.1. The van der Waals surface area contributed by atoms with Crippen molar-refractivity contribution < 1.29 is 27.4 Å². The number of benzene rings is 1. The van der Waals surface area contributed by atoms with Gasteiger partial charge in [0.15, 0.2) is 0 Å². The first kappa shape index (κ1) is 16.3. The van der Waals surface area contributed by atoms with Crippen LogP contribution in [0.3, 0.4) is 0 Å². The molecule has 0 radical (unpaired) electrons. The second-order valence-electron chi connectivity index (χ2n) is 4.60. The zero-order valence-electron chi connectivity index (χ0n) is 11.0. The van der Waals surface area contributed by atoms with E-state index in [4.69, 9.17) is 4.74 Å². The van der Waals surface area contributed by atoms with Crippen LogP contribution in [0.2, 0.25) is 0 Å². The molecule has 1 fully saturated rings. The van der Waals surface area contributed by atoms with Gasteiger partial charge in [-0.3, -0.25) is 4.79 Å². The molecule has 0 spiro atoms. The molecule has 0 amide bonds. The average Bonchev–Trinajstić information content (AvgIpc) is 2.83. The number of nitrogens with zero attached hydrogens (tertiary/aromatic N) is 1. The van der Waals surface area contributed by atoms with Gasteiger partial charge in [0.2, 0.25) is 10.0 Å². The molecule has 0 aromatic heterocycles. The Kier molecular flexibility index (Phi) is 4.66. The second-order valence-corrected chi connectivity index (χ2v) is 7.31. The fraction of sp³-hybridized carbons (Fsp3) is 0.417. The predicted octanol–water partition coefficient (Wildman–Crippen LogP) is 1.45. The number of halogens is 2. The maximum absolute atomic E-state index is 13.1. The van der Waals surface area contributed by atoms with Crippen molar-refractivity contribution in [3.05, 3.63) is 28.5 Å². The molecule has 0 bridgehead atoms. The van der Waals surface area contributed by atoms with Gasteiger partial charge in [0.25, 0.3) is 0 Å². The lowest BCUT2D eigenvalue weighted by molar-refractivity contribution is -0.140. The van der Waals surface area contributed by atoms with Crippen molar-refractivity contribution in [3.8, 4) is 0 Å². The van der Waals surface area contributed by atoms with E-state index < -0.39 is 34.0 Å². The van der Waals surface area contributed by atoms with Gasteiger partial charge in [0.1, 0.15) is 11.9 Å². The van der Waals surface area contributed by atoms with Gasteiger partial charge in [-0.1, -0.05) is 0 Å². The number of carboxylic acids is 1.